The van der Waals surface area contributed by atoms with E-state index in [9.17, 15) is 18.0 Å². The molecular formula is C20H21F3N2O3. The fourth-order valence-electron chi connectivity index (χ4n) is 3.19. The second kappa shape index (κ2) is 8.52. The fourth-order valence-corrected chi connectivity index (χ4v) is 3.19. The molecule has 0 saturated carbocycles. The molecule has 1 aliphatic rings. The number of benzene rings is 2. The smallest absolute Gasteiger partial charge is 0.422 e. The normalized spacial score (nSPS) is 17.3. The van der Waals surface area contributed by atoms with E-state index in [-0.39, 0.29) is 17.7 Å². The van der Waals surface area contributed by atoms with Crippen molar-refractivity contribution in [3.8, 4) is 11.5 Å². The van der Waals surface area contributed by atoms with Crippen LogP contribution in [0.4, 0.5) is 13.2 Å². The lowest BCUT2D eigenvalue weighted by Gasteiger charge is -2.37. The molecule has 1 aliphatic heterocycles. The van der Waals surface area contributed by atoms with Gasteiger partial charge >= 0.3 is 6.18 Å². The molecule has 8 heteroatoms. The maximum Gasteiger partial charge on any atom is 0.422 e. The molecule has 0 spiro atoms. The van der Waals surface area contributed by atoms with Crippen molar-refractivity contribution < 1.29 is 27.4 Å². The Morgan fingerprint density at radius 3 is 2.57 bits per heavy atom. The third kappa shape index (κ3) is 4.75. The number of nitrogens with one attached hydrogen (secondary N) is 1. The number of rotatable bonds is 5. The largest absolute Gasteiger partial charge is 0.496 e. The lowest BCUT2D eigenvalue weighted by molar-refractivity contribution is -0.153. The molecule has 1 N–H and O–H groups in total. The number of para-hydroxylation sites is 1. The van der Waals surface area contributed by atoms with Gasteiger partial charge in [0, 0.05) is 30.8 Å². The Morgan fingerprint density at radius 2 is 1.89 bits per heavy atom. The topological polar surface area (TPSA) is 50.8 Å². The molecule has 2 aromatic rings. The third-order valence-corrected chi connectivity index (χ3v) is 4.51. The number of methoxy groups -OCH3 is 1. The van der Waals surface area contributed by atoms with Crippen LogP contribution in [-0.2, 0) is 0 Å². The summed E-state index contributed by atoms with van der Waals surface area (Å²) in [4.78, 5) is 14.8. The summed E-state index contributed by atoms with van der Waals surface area (Å²) in [5, 5.41) is 3.28. The summed E-state index contributed by atoms with van der Waals surface area (Å²) < 4.78 is 46.9. The van der Waals surface area contributed by atoms with Crippen molar-refractivity contribution >= 4 is 5.91 Å². The molecule has 0 radical (unpaired) electrons. The molecule has 1 unspecified atom stereocenters. The van der Waals surface area contributed by atoms with E-state index in [4.69, 9.17) is 9.47 Å². The lowest BCUT2D eigenvalue weighted by Crippen LogP contribution is -2.48. The van der Waals surface area contributed by atoms with Gasteiger partial charge in [-0.25, -0.2) is 0 Å². The number of alkyl halides is 3. The molecule has 0 aromatic heterocycles. The van der Waals surface area contributed by atoms with E-state index in [1.165, 1.54) is 24.3 Å². The number of nitrogens with zero attached hydrogens (tertiary/aromatic N) is 1. The standard InChI is InChI=1S/C20H21F3N2O3/c1-27-18-5-3-2-4-16(18)17-12-24-10-11-25(17)19(26)14-6-8-15(9-7-14)28-13-20(21,22)23/h2-9,17,24H,10-13H2,1H3. The average molecular weight is 394 g/mol. The summed E-state index contributed by atoms with van der Waals surface area (Å²) >= 11 is 0. The van der Waals surface area contributed by atoms with Crippen LogP contribution in [0.3, 0.4) is 0 Å². The van der Waals surface area contributed by atoms with Crippen LogP contribution >= 0.6 is 0 Å². The number of amides is 1. The first-order chi connectivity index (χ1) is 13.4. The van der Waals surface area contributed by atoms with Gasteiger partial charge in [0.2, 0.25) is 0 Å². The SMILES string of the molecule is COc1ccccc1C1CNCCN1C(=O)c1ccc(OCC(F)(F)F)cc1. The van der Waals surface area contributed by atoms with E-state index in [1.807, 2.05) is 24.3 Å². The Bertz CT molecular complexity index is 809. The third-order valence-electron chi connectivity index (χ3n) is 4.51. The molecule has 1 saturated heterocycles. The molecule has 3 rings (SSSR count). The first kappa shape index (κ1) is 20.0. The van der Waals surface area contributed by atoms with Crippen molar-refractivity contribution in [2.24, 2.45) is 0 Å². The van der Waals surface area contributed by atoms with Crippen molar-refractivity contribution in [3.05, 3.63) is 59.7 Å². The van der Waals surface area contributed by atoms with Gasteiger partial charge in [0.25, 0.3) is 5.91 Å². The van der Waals surface area contributed by atoms with E-state index in [0.29, 0.717) is 30.9 Å². The van der Waals surface area contributed by atoms with Crippen molar-refractivity contribution in [1.82, 2.24) is 10.2 Å². The second-order valence-corrected chi connectivity index (χ2v) is 6.39. The highest BCUT2D eigenvalue weighted by Crippen LogP contribution is 2.31. The van der Waals surface area contributed by atoms with Crippen molar-refractivity contribution in [1.29, 1.82) is 0 Å². The van der Waals surface area contributed by atoms with Gasteiger partial charge < -0.3 is 19.7 Å². The summed E-state index contributed by atoms with van der Waals surface area (Å²) in [5.41, 5.74) is 1.29. The molecule has 0 bridgehead atoms. The van der Waals surface area contributed by atoms with Gasteiger partial charge in [-0.3, -0.25) is 4.79 Å². The zero-order chi connectivity index (χ0) is 20.1. The molecule has 0 aliphatic carbocycles. The number of piperazine rings is 1. The highest BCUT2D eigenvalue weighted by Gasteiger charge is 2.31. The highest BCUT2D eigenvalue weighted by atomic mass is 19.4. The van der Waals surface area contributed by atoms with Gasteiger partial charge in [-0.05, 0) is 30.3 Å². The first-order valence-corrected chi connectivity index (χ1v) is 8.83. The molecule has 150 valence electrons. The Balaban J connectivity index is 1.78. The van der Waals surface area contributed by atoms with Crippen LogP contribution in [0, 0.1) is 0 Å². The van der Waals surface area contributed by atoms with Gasteiger partial charge in [0.15, 0.2) is 6.61 Å². The minimum atomic E-state index is -4.41. The maximum absolute atomic E-state index is 13.0. The van der Waals surface area contributed by atoms with E-state index < -0.39 is 12.8 Å². The maximum atomic E-state index is 13.0. The zero-order valence-corrected chi connectivity index (χ0v) is 15.3. The van der Waals surface area contributed by atoms with Gasteiger partial charge in [-0.15, -0.1) is 0 Å². The molecule has 28 heavy (non-hydrogen) atoms. The Hall–Kier alpha value is -2.74. The van der Waals surface area contributed by atoms with Crippen molar-refractivity contribution in [2.75, 3.05) is 33.4 Å². The van der Waals surface area contributed by atoms with Gasteiger partial charge in [-0.2, -0.15) is 13.2 Å². The summed E-state index contributed by atoms with van der Waals surface area (Å²) in [7, 11) is 1.58. The predicted molar refractivity (Wildman–Crippen MR) is 97.6 cm³/mol. The number of carbonyl (C=O) groups excluding carboxylic acids is 1. The summed E-state index contributed by atoms with van der Waals surface area (Å²) in [5.74, 6) is 0.570. The molecule has 1 amide bonds. The Kier molecular flexibility index (Phi) is 6.08. The van der Waals surface area contributed by atoms with Crippen molar-refractivity contribution in [2.45, 2.75) is 12.2 Å². The summed E-state index contributed by atoms with van der Waals surface area (Å²) in [6, 6.07) is 13.0. The van der Waals surface area contributed by atoms with E-state index in [1.54, 1.807) is 12.0 Å². The number of carbonyl (C=O) groups is 1. The minimum absolute atomic E-state index is 0.0652. The Labute approximate surface area is 161 Å². The van der Waals surface area contributed by atoms with Gasteiger partial charge in [0.05, 0.1) is 13.2 Å². The van der Waals surface area contributed by atoms with Crippen molar-refractivity contribution in [3.63, 3.8) is 0 Å². The van der Waals surface area contributed by atoms with Crippen LogP contribution < -0.4 is 14.8 Å². The van der Waals surface area contributed by atoms with Crippen LogP contribution in [-0.4, -0.2) is 50.3 Å². The monoisotopic (exact) mass is 394 g/mol. The minimum Gasteiger partial charge on any atom is -0.496 e. The number of hydrogen-bond acceptors (Lipinski definition) is 4. The zero-order valence-electron chi connectivity index (χ0n) is 15.3. The molecule has 5 nitrogen and oxygen atoms in total. The number of ether oxygens (including phenoxy) is 2. The first-order valence-electron chi connectivity index (χ1n) is 8.83. The quantitative estimate of drug-likeness (QED) is 0.844. The molecule has 2 aromatic carbocycles. The molecular weight excluding hydrogens is 373 g/mol. The van der Waals surface area contributed by atoms with Crippen LogP contribution in [0.2, 0.25) is 0 Å². The van der Waals surface area contributed by atoms with Gasteiger partial charge in [0.1, 0.15) is 11.5 Å². The van der Waals surface area contributed by atoms with Crippen LogP contribution in [0.15, 0.2) is 48.5 Å². The highest BCUT2D eigenvalue weighted by molar-refractivity contribution is 5.94. The number of hydrogen-bond donors (Lipinski definition) is 1. The van der Waals surface area contributed by atoms with Crippen LogP contribution in [0.25, 0.3) is 0 Å². The molecule has 1 heterocycles. The lowest BCUT2D eigenvalue weighted by atomic mass is 10.0. The van der Waals surface area contributed by atoms with E-state index >= 15 is 0 Å². The predicted octanol–water partition coefficient (Wildman–Crippen LogP) is 3.42. The fraction of sp³-hybridized carbons (Fsp3) is 0.350. The van der Waals surface area contributed by atoms with Gasteiger partial charge in [-0.1, -0.05) is 18.2 Å². The second-order valence-electron chi connectivity index (χ2n) is 6.39. The summed E-state index contributed by atoms with van der Waals surface area (Å²) in [6.45, 7) is 0.380. The van der Waals surface area contributed by atoms with E-state index in [2.05, 4.69) is 5.32 Å². The van der Waals surface area contributed by atoms with Crippen LogP contribution in [0.1, 0.15) is 22.0 Å². The number of halogens is 3. The molecule has 1 atom stereocenters. The molecule has 1 fully saturated rings. The van der Waals surface area contributed by atoms with Crippen LogP contribution in [0.5, 0.6) is 11.5 Å². The average Bonchev–Trinajstić information content (AvgIpc) is 2.71. The summed E-state index contributed by atoms with van der Waals surface area (Å²) in [6.07, 6.45) is -4.41. The Morgan fingerprint density at radius 1 is 1.18 bits per heavy atom. The van der Waals surface area contributed by atoms with E-state index in [0.717, 1.165) is 5.56 Å².